The lowest BCUT2D eigenvalue weighted by Gasteiger charge is -2.19. The van der Waals surface area contributed by atoms with Gasteiger partial charge in [0, 0.05) is 10.7 Å². The van der Waals surface area contributed by atoms with Crippen LogP contribution in [-0.4, -0.2) is 11.5 Å². The molecule has 2 rings (SSSR count). The quantitative estimate of drug-likeness (QED) is 0.932. The Kier molecular flexibility index (Phi) is 4.44. The van der Waals surface area contributed by atoms with E-state index in [1.54, 1.807) is 18.3 Å². The summed E-state index contributed by atoms with van der Waals surface area (Å²) in [6.45, 7) is 2.85. The Morgan fingerprint density at radius 3 is 2.61 bits per heavy atom. The molecular weight excluding hydrogens is 295 g/mol. The topological polar surface area (TPSA) is 24.9 Å². The highest BCUT2D eigenvalue weighted by molar-refractivity contribution is 9.10. The van der Waals surface area contributed by atoms with Crippen LogP contribution in [0.3, 0.4) is 0 Å². The molecule has 0 bridgehead atoms. The van der Waals surface area contributed by atoms with Crippen LogP contribution in [0, 0.1) is 5.82 Å². The van der Waals surface area contributed by atoms with E-state index in [4.69, 9.17) is 0 Å². The van der Waals surface area contributed by atoms with Crippen LogP contribution in [0.2, 0.25) is 0 Å². The van der Waals surface area contributed by atoms with Crippen molar-refractivity contribution >= 4 is 15.9 Å². The number of hydrogen-bond acceptors (Lipinski definition) is 2. The van der Waals surface area contributed by atoms with Crippen LogP contribution >= 0.6 is 15.9 Å². The van der Waals surface area contributed by atoms with Crippen LogP contribution in [0.15, 0.2) is 47.1 Å². The predicted octanol–water partition coefficient (Wildman–Crippen LogP) is 3.68. The van der Waals surface area contributed by atoms with E-state index >= 15 is 0 Å². The lowest BCUT2D eigenvalue weighted by Crippen LogP contribution is -2.23. The zero-order valence-electron chi connectivity index (χ0n) is 10.0. The molecule has 1 heterocycles. The highest BCUT2D eigenvalue weighted by atomic mass is 79.9. The van der Waals surface area contributed by atoms with Crippen LogP contribution in [0.4, 0.5) is 4.39 Å². The van der Waals surface area contributed by atoms with Gasteiger partial charge in [-0.3, -0.25) is 4.98 Å². The molecule has 1 aromatic carbocycles. The van der Waals surface area contributed by atoms with E-state index in [9.17, 15) is 4.39 Å². The van der Waals surface area contributed by atoms with Crippen molar-refractivity contribution in [3.05, 3.63) is 64.1 Å². The summed E-state index contributed by atoms with van der Waals surface area (Å²) >= 11 is 3.50. The van der Waals surface area contributed by atoms with Gasteiger partial charge in [0.25, 0.3) is 0 Å². The van der Waals surface area contributed by atoms with Crippen molar-refractivity contribution in [2.24, 2.45) is 0 Å². The predicted molar refractivity (Wildman–Crippen MR) is 73.9 cm³/mol. The monoisotopic (exact) mass is 308 g/mol. The number of hydrogen-bond donors (Lipinski definition) is 1. The van der Waals surface area contributed by atoms with E-state index in [1.807, 2.05) is 19.1 Å². The first-order valence-corrected chi connectivity index (χ1v) is 6.61. The fraction of sp³-hybridized carbons (Fsp3) is 0.214. The first-order valence-electron chi connectivity index (χ1n) is 5.81. The minimum atomic E-state index is -0.228. The van der Waals surface area contributed by atoms with E-state index in [0.29, 0.717) is 0 Å². The van der Waals surface area contributed by atoms with E-state index < -0.39 is 0 Å². The summed E-state index contributed by atoms with van der Waals surface area (Å²) in [4.78, 5) is 4.39. The van der Waals surface area contributed by atoms with Crippen molar-refractivity contribution in [3.8, 4) is 0 Å². The molecule has 0 amide bonds. The molecule has 0 aliphatic heterocycles. The second-order valence-electron chi connectivity index (χ2n) is 3.91. The summed E-state index contributed by atoms with van der Waals surface area (Å²) in [5.74, 6) is -0.228. The van der Waals surface area contributed by atoms with Gasteiger partial charge in [-0.15, -0.1) is 0 Å². The first kappa shape index (κ1) is 13.2. The average Bonchev–Trinajstić information content (AvgIpc) is 2.38. The minimum Gasteiger partial charge on any atom is -0.305 e. The Balaban J connectivity index is 2.40. The molecule has 0 aliphatic carbocycles. The van der Waals surface area contributed by atoms with Crippen molar-refractivity contribution in [3.63, 3.8) is 0 Å². The smallest absolute Gasteiger partial charge is 0.123 e. The first-order chi connectivity index (χ1) is 8.72. The van der Waals surface area contributed by atoms with E-state index in [-0.39, 0.29) is 11.9 Å². The molecule has 0 saturated carbocycles. The van der Waals surface area contributed by atoms with Gasteiger partial charge in [-0.1, -0.05) is 19.1 Å². The van der Waals surface area contributed by atoms with Gasteiger partial charge in [0.1, 0.15) is 5.82 Å². The second kappa shape index (κ2) is 6.07. The summed E-state index contributed by atoms with van der Waals surface area (Å²) in [7, 11) is 0. The molecule has 0 fully saturated rings. The summed E-state index contributed by atoms with van der Waals surface area (Å²) in [6, 6.07) is 10.3. The maximum Gasteiger partial charge on any atom is 0.123 e. The largest absolute Gasteiger partial charge is 0.305 e. The molecule has 0 saturated heterocycles. The highest BCUT2D eigenvalue weighted by Gasteiger charge is 2.16. The molecule has 0 spiro atoms. The summed E-state index contributed by atoms with van der Waals surface area (Å²) in [6.07, 6.45) is 1.76. The van der Waals surface area contributed by atoms with Gasteiger partial charge in [-0.25, -0.2) is 4.39 Å². The number of rotatable bonds is 4. The Labute approximate surface area is 114 Å². The molecule has 4 heteroatoms. The van der Waals surface area contributed by atoms with Crippen molar-refractivity contribution < 1.29 is 4.39 Å². The van der Waals surface area contributed by atoms with Crippen molar-refractivity contribution in [1.82, 2.24) is 10.3 Å². The standard InChI is InChI=1S/C14H14BrFN2/c1-2-17-13(10-5-7-11(16)8-6-10)14-12(15)4-3-9-18-14/h3-9,13,17H,2H2,1H3. The van der Waals surface area contributed by atoms with Crippen LogP contribution < -0.4 is 5.32 Å². The number of pyridine rings is 1. The molecule has 94 valence electrons. The van der Waals surface area contributed by atoms with Gasteiger partial charge in [-0.2, -0.15) is 0 Å². The fourth-order valence-corrected chi connectivity index (χ4v) is 2.33. The number of aromatic nitrogens is 1. The van der Waals surface area contributed by atoms with Crippen molar-refractivity contribution in [2.45, 2.75) is 13.0 Å². The Morgan fingerprint density at radius 2 is 2.00 bits per heavy atom. The third-order valence-electron chi connectivity index (χ3n) is 2.67. The lowest BCUT2D eigenvalue weighted by atomic mass is 10.0. The molecule has 1 N–H and O–H groups in total. The molecule has 1 atom stereocenters. The van der Waals surface area contributed by atoms with Crippen LogP contribution in [-0.2, 0) is 0 Å². The van der Waals surface area contributed by atoms with Crippen molar-refractivity contribution in [2.75, 3.05) is 6.54 Å². The zero-order chi connectivity index (χ0) is 13.0. The highest BCUT2D eigenvalue weighted by Crippen LogP contribution is 2.26. The number of nitrogens with zero attached hydrogens (tertiary/aromatic N) is 1. The third kappa shape index (κ3) is 2.94. The third-order valence-corrected chi connectivity index (χ3v) is 3.34. The maximum absolute atomic E-state index is 13.0. The van der Waals surface area contributed by atoms with Crippen LogP contribution in [0.1, 0.15) is 24.2 Å². The zero-order valence-corrected chi connectivity index (χ0v) is 11.6. The number of benzene rings is 1. The summed E-state index contributed by atoms with van der Waals surface area (Å²) in [5.41, 5.74) is 1.91. The maximum atomic E-state index is 13.0. The lowest BCUT2D eigenvalue weighted by molar-refractivity contribution is 0.603. The van der Waals surface area contributed by atoms with Gasteiger partial charge in [-0.05, 0) is 52.3 Å². The molecule has 0 aliphatic rings. The van der Waals surface area contributed by atoms with Gasteiger partial charge in [0.05, 0.1) is 11.7 Å². The normalized spacial score (nSPS) is 12.4. The molecule has 1 unspecified atom stereocenters. The SMILES string of the molecule is CCNC(c1ccc(F)cc1)c1ncccc1Br. The minimum absolute atomic E-state index is 0.0359. The van der Waals surface area contributed by atoms with Crippen LogP contribution in [0.5, 0.6) is 0 Å². The van der Waals surface area contributed by atoms with E-state index in [2.05, 4.69) is 26.2 Å². The summed E-state index contributed by atoms with van der Waals surface area (Å²) < 4.78 is 13.9. The van der Waals surface area contributed by atoms with Crippen LogP contribution in [0.25, 0.3) is 0 Å². The van der Waals surface area contributed by atoms with E-state index in [1.165, 1.54) is 12.1 Å². The van der Waals surface area contributed by atoms with Gasteiger partial charge < -0.3 is 5.32 Å². The van der Waals surface area contributed by atoms with Gasteiger partial charge in [0.15, 0.2) is 0 Å². The van der Waals surface area contributed by atoms with E-state index in [0.717, 1.165) is 22.3 Å². The molecule has 2 nitrogen and oxygen atoms in total. The molecule has 18 heavy (non-hydrogen) atoms. The van der Waals surface area contributed by atoms with Gasteiger partial charge >= 0.3 is 0 Å². The number of halogens is 2. The Hall–Kier alpha value is -1.26. The molecular formula is C14H14BrFN2. The molecule has 1 aromatic heterocycles. The Bertz CT molecular complexity index is 513. The molecule has 0 radical (unpaired) electrons. The average molecular weight is 309 g/mol. The fourth-order valence-electron chi connectivity index (χ4n) is 1.84. The van der Waals surface area contributed by atoms with Gasteiger partial charge in [0.2, 0.25) is 0 Å². The van der Waals surface area contributed by atoms with Crippen molar-refractivity contribution in [1.29, 1.82) is 0 Å². The second-order valence-corrected chi connectivity index (χ2v) is 4.77. The Morgan fingerprint density at radius 1 is 1.28 bits per heavy atom. The number of nitrogens with one attached hydrogen (secondary N) is 1. The summed E-state index contributed by atoms with van der Waals surface area (Å²) in [5, 5.41) is 3.36. The molecule has 2 aromatic rings.